The van der Waals surface area contributed by atoms with E-state index in [4.69, 9.17) is 0 Å². The Morgan fingerprint density at radius 3 is 2.59 bits per heavy atom. The van der Waals surface area contributed by atoms with Gasteiger partial charge in [0.2, 0.25) is 0 Å². The molecule has 6 heteroatoms. The van der Waals surface area contributed by atoms with E-state index < -0.39 is 5.60 Å². The zero-order chi connectivity index (χ0) is 16.0. The molecular weight excluding hydrogens is 296 g/mol. The molecule has 1 saturated carbocycles. The SMILES string of the molecule is CCNC(=NCc1nc(C)c(C)s1)NCC1(O)CCCCC1. The molecule has 22 heavy (non-hydrogen) atoms. The number of aliphatic hydroxyl groups is 1. The highest BCUT2D eigenvalue weighted by Gasteiger charge is 2.29. The van der Waals surface area contributed by atoms with E-state index in [1.54, 1.807) is 11.3 Å². The first kappa shape index (κ1) is 17.2. The van der Waals surface area contributed by atoms with Gasteiger partial charge in [-0.3, -0.25) is 0 Å². The van der Waals surface area contributed by atoms with Crippen molar-refractivity contribution in [3.8, 4) is 0 Å². The van der Waals surface area contributed by atoms with Gasteiger partial charge in [0.1, 0.15) is 5.01 Å². The normalized spacial score (nSPS) is 18.3. The lowest BCUT2D eigenvalue weighted by atomic mass is 9.85. The van der Waals surface area contributed by atoms with Gasteiger partial charge in [-0.05, 0) is 33.6 Å². The Balaban J connectivity index is 1.92. The van der Waals surface area contributed by atoms with E-state index in [9.17, 15) is 5.11 Å². The Morgan fingerprint density at radius 2 is 2.00 bits per heavy atom. The maximum atomic E-state index is 10.6. The van der Waals surface area contributed by atoms with Gasteiger partial charge in [0.25, 0.3) is 0 Å². The van der Waals surface area contributed by atoms with Crippen molar-refractivity contribution in [2.45, 2.75) is 65.0 Å². The Kier molecular flexibility index (Phi) is 6.20. The predicted octanol–water partition coefficient (Wildman–Crippen LogP) is 2.51. The maximum Gasteiger partial charge on any atom is 0.191 e. The van der Waals surface area contributed by atoms with E-state index in [0.29, 0.717) is 13.1 Å². The van der Waals surface area contributed by atoms with Gasteiger partial charge in [-0.1, -0.05) is 19.3 Å². The second-order valence-corrected chi connectivity index (χ2v) is 7.37. The summed E-state index contributed by atoms with van der Waals surface area (Å²) in [6.07, 6.45) is 5.22. The molecule has 5 nitrogen and oxygen atoms in total. The Bertz CT molecular complexity index is 487. The number of aryl methyl sites for hydroxylation is 2. The smallest absolute Gasteiger partial charge is 0.191 e. The quantitative estimate of drug-likeness (QED) is 0.575. The Morgan fingerprint density at radius 1 is 1.27 bits per heavy atom. The van der Waals surface area contributed by atoms with Crippen molar-refractivity contribution < 1.29 is 5.11 Å². The Hall–Kier alpha value is -1.14. The number of guanidine groups is 1. The summed E-state index contributed by atoms with van der Waals surface area (Å²) in [6, 6.07) is 0. The minimum atomic E-state index is -0.581. The number of aromatic nitrogens is 1. The van der Waals surface area contributed by atoms with E-state index in [1.165, 1.54) is 11.3 Å². The van der Waals surface area contributed by atoms with Crippen molar-refractivity contribution in [3.63, 3.8) is 0 Å². The fourth-order valence-electron chi connectivity index (χ4n) is 2.73. The number of thiazole rings is 1. The van der Waals surface area contributed by atoms with Crippen molar-refractivity contribution in [3.05, 3.63) is 15.6 Å². The highest BCUT2D eigenvalue weighted by Crippen LogP contribution is 2.27. The molecule has 3 N–H and O–H groups in total. The van der Waals surface area contributed by atoms with Crippen LogP contribution in [0.5, 0.6) is 0 Å². The van der Waals surface area contributed by atoms with Gasteiger partial charge in [0.05, 0.1) is 17.8 Å². The molecule has 0 spiro atoms. The molecule has 0 atom stereocenters. The summed E-state index contributed by atoms with van der Waals surface area (Å²) in [7, 11) is 0. The third kappa shape index (κ3) is 4.95. The average molecular weight is 324 g/mol. The number of nitrogens with one attached hydrogen (secondary N) is 2. The van der Waals surface area contributed by atoms with Gasteiger partial charge in [0, 0.05) is 18.0 Å². The standard InChI is InChI=1S/C16H28N4OS/c1-4-17-15(18-10-14-20-12(2)13(3)22-14)19-11-16(21)8-6-5-7-9-16/h21H,4-11H2,1-3H3,(H2,17,18,19). The lowest BCUT2D eigenvalue weighted by Crippen LogP contribution is -2.48. The molecule has 1 aliphatic carbocycles. The van der Waals surface area contributed by atoms with Gasteiger partial charge in [-0.15, -0.1) is 11.3 Å². The number of hydrogen-bond donors (Lipinski definition) is 3. The summed E-state index contributed by atoms with van der Waals surface area (Å²) in [4.78, 5) is 10.3. The molecule has 0 aromatic carbocycles. The lowest BCUT2D eigenvalue weighted by Gasteiger charge is -2.32. The third-order valence-corrected chi connectivity index (χ3v) is 5.22. The lowest BCUT2D eigenvalue weighted by molar-refractivity contribution is 0.00859. The van der Waals surface area contributed by atoms with Crippen molar-refractivity contribution in [1.29, 1.82) is 0 Å². The van der Waals surface area contributed by atoms with E-state index in [2.05, 4.69) is 27.5 Å². The molecule has 1 aromatic heterocycles. The summed E-state index contributed by atoms with van der Waals surface area (Å²) >= 11 is 1.70. The van der Waals surface area contributed by atoms with Crippen LogP contribution in [0.15, 0.2) is 4.99 Å². The third-order valence-electron chi connectivity index (χ3n) is 4.16. The molecule has 1 aliphatic rings. The van der Waals surface area contributed by atoms with Crippen LogP contribution in [0, 0.1) is 13.8 Å². The molecule has 0 radical (unpaired) electrons. The number of hydrogen-bond acceptors (Lipinski definition) is 4. The van der Waals surface area contributed by atoms with Crippen LogP contribution in [0.25, 0.3) is 0 Å². The van der Waals surface area contributed by atoms with Gasteiger partial charge in [-0.25, -0.2) is 9.98 Å². The van der Waals surface area contributed by atoms with E-state index in [0.717, 1.165) is 48.9 Å². The zero-order valence-corrected chi connectivity index (χ0v) is 14.7. The Labute approximate surface area is 137 Å². The summed E-state index contributed by atoms with van der Waals surface area (Å²) < 4.78 is 0. The van der Waals surface area contributed by atoms with Gasteiger partial charge in [0.15, 0.2) is 5.96 Å². The number of aliphatic imine (C=N–C) groups is 1. The summed E-state index contributed by atoms with van der Waals surface area (Å²) in [6.45, 7) is 8.11. The molecule has 0 amide bonds. The van der Waals surface area contributed by atoms with E-state index >= 15 is 0 Å². The van der Waals surface area contributed by atoms with Crippen molar-refractivity contribution in [2.24, 2.45) is 4.99 Å². The average Bonchev–Trinajstić information content (AvgIpc) is 2.81. The van der Waals surface area contributed by atoms with Crippen LogP contribution < -0.4 is 10.6 Å². The van der Waals surface area contributed by atoms with E-state index in [-0.39, 0.29) is 0 Å². The van der Waals surface area contributed by atoms with Crippen LogP contribution in [-0.2, 0) is 6.54 Å². The molecule has 1 aromatic rings. The molecule has 0 saturated heterocycles. The molecule has 0 aliphatic heterocycles. The summed E-state index contributed by atoms with van der Waals surface area (Å²) in [5, 5.41) is 18.1. The molecular formula is C16H28N4OS. The second-order valence-electron chi connectivity index (χ2n) is 6.08. The largest absolute Gasteiger partial charge is 0.388 e. The first-order valence-corrected chi connectivity index (χ1v) is 9.01. The van der Waals surface area contributed by atoms with Crippen molar-refractivity contribution >= 4 is 17.3 Å². The first-order chi connectivity index (χ1) is 10.5. The van der Waals surface area contributed by atoms with Crippen LogP contribution in [0.2, 0.25) is 0 Å². The van der Waals surface area contributed by atoms with Crippen molar-refractivity contribution in [1.82, 2.24) is 15.6 Å². The van der Waals surface area contributed by atoms with Crippen LogP contribution in [0.1, 0.15) is 54.6 Å². The van der Waals surface area contributed by atoms with Crippen LogP contribution >= 0.6 is 11.3 Å². The number of nitrogens with zero attached hydrogens (tertiary/aromatic N) is 2. The van der Waals surface area contributed by atoms with Crippen LogP contribution in [0.4, 0.5) is 0 Å². The molecule has 0 bridgehead atoms. The maximum absolute atomic E-state index is 10.6. The highest BCUT2D eigenvalue weighted by molar-refractivity contribution is 7.11. The van der Waals surface area contributed by atoms with Crippen molar-refractivity contribution in [2.75, 3.05) is 13.1 Å². The van der Waals surface area contributed by atoms with Crippen LogP contribution in [0.3, 0.4) is 0 Å². The molecule has 1 heterocycles. The molecule has 1 fully saturated rings. The first-order valence-electron chi connectivity index (χ1n) is 8.20. The topological polar surface area (TPSA) is 69.5 Å². The fourth-order valence-corrected chi connectivity index (χ4v) is 3.59. The molecule has 0 unspecified atom stereocenters. The van der Waals surface area contributed by atoms with E-state index in [1.807, 2.05) is 13.8 Å². The van der Waals surface area contributed by atoms with Gasteiger partial charge >= 0.3 is 0 Å². The minimum Gasteiger partial charge on any atom is -0.388 e. The highest BCUT2D eigenvalue weighted by atomic mass is 32.1. The summed E-state index contributed by atoms with van der Waals surface area (Å²) in [5.41, 5.74) is 0.507. The zero-order valence-electron chi connectivity index (χ0n) is 13.9. The van der Waals surface area contributed by atoms with Crippen LogP contribution in [-0.4, -0.2) is 34.7 Å². The minimum absolute atomic E-state index is 0.564. The second kappa shape index (κ2) is 7.92. The number of rotatable bonds is 5. The monoisotopic (exact) mass is 324 g/mol. The summed E-state index contributed by atoms with van der Waals surface area (Å²) in [5.74, 6) is 0.756. The fraction of sp³-hybridized carbons (Fsp3) is 0.750. The molecule has 2 rings (SSSR count). The van der Waals surface area contributed by atoms with Gasteiger partial charge < -0.3 is 15.7 Å². The molecule has 124 valence electrons. The van der Waals surface area contributed by atoms with Gasteiger partial charge in [-0.2, -0.15) is 0 Å². The predicted molar refractivity (Wildman–Crippen MR) is 92.4 cm³/mol.